The van der Waals surface area contributed by atoms with E-state index < -0.39 is 11.6 Å². The molecular formula is C8H18N2O2. The Labute approximate surface area is 72.9 Å². The largest absolute Gasteiger partial charge is 0.479 e. The third-order valence-electron chi connectivity index (χ3n) is 1.69. The van der Waals surface area contributed by atoms with Crippen LogP contribution in [0.1, 0.15) is 33.6 Å². The molecule has 0 bridgehead atoms. The predicted molar refractivity (Wildman–Crippen MR) is 47.4 cm³/mol. The molecule has 0 spiro atoms. The van der Waals surface area contributed by atoms with E-state index >= 15 is 0 Å². The average molecular weight is 174 g/mol. The third-order valence-corrected chi connectivity index (χ3v) is 1.69. The molecule has 0 rings (SSSR count). The number of hydrogen-bond donors (Lipinski definition) is 3. The fourth-order valence-corrected chi connectivity index (χ4v) is 0.689. The molecular weight excluding hydrogens is 156 g/mol. The van der Waals surface area contributed by atoms with Crippen LogP contribution < -0.4 is 11.5 Å². The van der Waals surface area contributed by atoms with Crippen molar-refractivity contribution in [1.29, 1.82) is 0 Å². The van der Waals surface area contributed by atoms with Crippen molar-refractivity contribution in [2.75, 3.05) is 0 Å². The van der Waals surface area contributed by atoms with Gasteiger partial charge in [-0.15, -0.1) is 0 Å². The molecule has 72 valence electrons. The van der Waals surface area contributed by atoms with Gasteiger partial charge in [-0.2, -0.15) is 0 Å². The first kappa shape index (κ1) is 11.4. The van der Waals surface area contributed by atoms with Crippen molar-refractivity contribution in [2.24, 2.45) is 16.9 Å². The quantitative estimate of drug-likeness (QED) is 0.544. The van der Waals surface area contributed by atoms with Crippen LogP contribution in [0, 0.1) is 5.41 Å². The molecule has 0 saturated heterocycles. The molecule has 0 aliphatic carbocycles. The minimum Gasteiger partial charge on any atom is -0.479 e. The van der Waals surface area contributed by atoms with Gasteiger partial charge in [0.05, 0.1) is 0 Å². The van der Waals surface area contributed by atoms with Gasteiger partial charge in [0.2, 0.25) is 0 Å². The van der Waals surface area contributed by atoms with E-state index in [2.05, 4.69) is 0 Å². The topological polar surface area (TPSA) is 89.3 Å². The molecule has 0 aromatic rings. The highest BCUT2D eigenvalue weighted by molar-refractivity contribution is 5.77. The summed E-state index contributed by atoms with van der Waals surface area (Å²) >= 11 is 0. The average Bonchev–Trinajstić information content (AvgIpc) is 1.82. The number of hydrogen-bond acceptors (Lipinski definition) is 3. The van der Waals surface area contributed by atoms with E-state index in [0.29, 0.717) is 12.8 Å². The number of carboxylic acids is 1. The molecule has 0 aliphatic rings. The zero-order valence-corrected chi connectivity index (χ0v) is 7.92. The summed E-state index contributed by atoms with van der Waals surface area (Å²) in [7, 11) is 0. The van der Waals surface area contributed by atoms with Crippen LogP contribution in [0.2, 0.25) is 0 Å². The van der Waals surface area contributed by atoms with Crippen LogP contribution in [0.15, 0.2) is 0 Å². The molecule has 0 heterocycles. The van der Waals surface area contributed by atoms with Crippen molar-refractivity contribution in [3.63, 3.8) is 0 Å². The minimum atomic E-state index is -1.58. The highest BCUT2D eigenvalue weighted by atomic mass is 16.4. The van der Waals surface area contributed by atoms with Crippen molar-refractivity contribution in [1.82, 2.24) is 0 Å². The summed E-state index contributed by atoms with van der Waals surface area (Å²) < 4.78 is 0. The highest BCUT2D eigenvalue weighted by Gasteiger charge is 2.29. The van der Waals surface area contributed by atoms with Gasteiger partial charge in [0.25, 0.3) is 0 Å². The Balaban J connectivity index is 4.01. The van der Waals surface area contributed by atoms with Gasteiger partial charge in [0, 0.05) is 0 Å². The van der Waals surface area contributed by atoms with E-state index in [1.54, 1.807) is 0 Å². The molecule has 0 atom stereocenters. The summed E-state index contributed by atoms with van der Waals surface area (Å²) in [6.07, 6.45) is 0.998. The highest BCUT2D eigenvalue weighted by Crippen LogP contribution is 2.22. The first-order chi connectivity index (χ1) is 5.15. The lowest BCUT2D eigenvalue weighted by Crippen LogP contribution is -2.56. The Morgan fingerprint density at radius 1 is 1.25 bits per heavy atom. The second kappa shape index (κ2) is 3.41. The molecule has 0 aromatic carbocycles. The summed E-state index contributed by atoms with van der Waals surface area (Å²) in [6.45, 7) is 6.06. The fourth-order valence-electron chi connectivity index (χ4n) is 0.689. The molecule has 0 unspecified atom stereocenters. The standard InChI is InChI=1S/C8H18N2O2/c1-7(2,3)4-5-8(9,10)6(11)12/h4-5,9-10H2,1-3H3,(H,11,12). The summed E-state index contributed by atoms with van der Waals surface area (Å²) in [5.74, 6) is -1.15. The second-order valence-corrected chi connectivity index (χ2v) is 4.41. The van der Waals surface area contributed by atoms with Crippen LogP contribution in [0.3, 0.4) is 0 Å². The normalized spacial score (nSPS) is 13.1. The minimum absolute atomic E-state index is 0.0689. The van der Waals surface area contributed by atoms with Crippen molar-refractivity contribution < 1.29 is 9.90 Å². The predicted octanol–water partition coefficient (Wildman–Crippen LogP) is 0.511. The third kappa shape index (κ3) is 4.31. The molecule has 4 heteroatoms. The van der Waals surface area contributed by atoms with E-state index in [0.717, 1.165) is 0 Å². The molecule has 0 radical (unpaired) electrons. The zero-order valence-electron chi connectivity index (χ0n) is 7.92. The summed E-state index contributed by atoms with van der Waals surface area (Å²) in [5, 5.41) is 8.59. The molecule has 0 saturated carbocycles. The molecule has 0 aliphatic heterocycles. The monoisotopic (exact) mass is 174 g/mol. The Morgan fingerprint density at radius 2 is 1.67 bits per heavy atom. The Hall–Kier alpha value is -0.610. The van der Waals surface area contributed by atoms with Gasteiger partial charge >= 0.3 is 5.97 Å². The lowest BCUT2D eigenvalue weighted by Gasteiger charge is -2.24. The Morgan fingerprint density at radius 3 is 1.92 bits per heavy atom. The number of carboxylic acid groups (broad SMARTS) is 1. The van der Waals surface area contributed by atoms with E-state index in [1.807, 2.05) is 20.8 Å². The molecule has 0 amide bonds. The van der Waals surface area contributed by atoms with Gasteiger partial charge in [0.1, 0.15) is 0 Å². The van der Waals surface area contributed by atoms with Crippen molar-refractivity contribution >= 4 is 5.97 Å². The zero-order chi connectivity index (χ0) is 9.99. The van der Waals surface area contributed by atoms with E-state index in [-0.39, 0.29) is 5.41 Å². The maximum Gasteiger partial charge on any atom is 0.338 e. The van der Waals surface area contributed by atoms with Crippen LogP contribution in [-0.2, 0) is 4.79 Å². The maximum atomic E-state index is 10.5. The molecule has 12 heavy (non-hydrogen) atoms. The molecule has 0 aromatic heterocycles. The van der Waals surface area contributed by atoms with E-state index in [9.17, 15) is 4.79 Å². The number of rotatable bonds is 3. The van der Waals surface area contributed by atoms with Crippen LogP contribution in [0.25, 0.3) is 0 Å². The SMILES string of the molecule is CC(C)(C)CCC(N)(N)C(=O)O. The van der Waals surface area contributed by atoms with E-state index in [4.69, 9.17) is 16.6 Å². The van der Waals surface area contributed by atoms with Gasteiger partial charge in [-0.3, -0.25) is 0 Å². The number of nitrogens with two attached hydrogens (primary N) is 2. The maximum absolute atomic E-state index is 10.5. The van der Waals surface area contributed by atoms with Gasteiger partial charge in [-0.25, -0.2) is 4.79 Å². The van der Waals surface area contributed by atoms with Crippen molar-refractivity contribution in [2.45, 2.75) is 39.3 Å². The van der Waals surface area contributed by atoms with Crippen LogP contribution in [0.5, 0.6) is 0 Å². The summed E-state index contributed by atoms with van der Waals surface area (Å²) in [4.78, 5) is 10.5. The van der Waals surface area contributed by atoms with Crippen molar-refractivity contribution in [3.8, 4) is 0 Å². The smallest absolute Gasteiger partial charge is 0.338 e. The molecule has 0 fully saturated rings. The van der Waals surface area contributed by atoms with Crippen LogP contribution in [-0.4, -0.2) is 16.7 Å². The molecule has 4 nitrogen and oxygen atoms in total. The van der Waals surface area contributed by atoms with E-state index in [1.165, 1.54) is 0 Å². The molecule has 5 N–H and O–H groups in total. The second-order valence-electron chi connectivity index (χ2n) is 4.41. The number of aliphatic carboxylic acids is 1. The summed E-state index contributed by atoms with van der Waals surface area (Å²) in [6, 6.07) is 0. The number of carbonyl (C=O) groups is 1. The van der Waals surface area contributed by atoms with Crippen molar-refractivity contribution in [3.05, 3.63) is 0 Å². The van der Waals surface area contributed by atoms with Gasteiger partial charge in [-0.05, 0) is 18.3 Å². The van der Waals surface area contributed by atoms with Gasteiger partial charge < -0.3 is 16.6 Å². The van der Waals surface area contributed by atoms with Crippen LogP contribution >= 0.6 is 0 Å². The lowest BCUT2D eigenvalue weighted by atomic mass is 9.87. The summed E-state index contributed by atoms with van der Waals surface area (Å²) in [5.41, 5.74) is 9.18. The lowest BCUT2D eigenvalue weighted by molar-refractivity contribution is -0.143. The van der Waals surface area contributed by atoms with Gasteiger partial charge in [-0.1, -0.05) is 20.8 Å². The Kier molecular flexibility index (Phi) is 3.24. The first-order valence-corrected chi connectivity index (χ1v) is 3.96. The van der Waals surface area contributed by atoms with Crippen LogP contribution in [0.4, 0.5) is 0 Å². The first-order valence-electron chi connectivity index (χ1n) is 3.96. The Bertz CT molecular complexity index is 170. The van der Waals surface area contributed by atoms with Gasteiger partial charge in [0.15, 0.2) is 5.66 Å². The fraction of sp³-hybridized carbons (Fsp3) is 0.875.